The Bertz CT molecular complexity index is 508. The van der Waals surface area contributed by atoms with E-state index in [0.717, 1.165) is 0 Å². The molecule has 0 aromatic heterocycles. The van der Waals surface area contributed by atoms with E-state index in [1.165, 1.54) is 0 Å². The summed E-state index contributed by atoms with van der Waals surface area (Å²) >= 11 is 0. The molecule has 0 radical (unpaired) electrons. The first-order valence-electron chi connectivity index (χ1n) is 8.81. The molecule has 0 bridgehead atoms. The summed E-state index contributed by atoms with van der Waals surface area (Å²) in [5, 5.41) is 78.4. The zero-order valence-corrected chi connectivity index (χ0v) is 14.7. The maximum absolute atomic E-state index is 10.5. The fourth-order valence-corrected chi connectivity index (χ4v) is 3.29. The first-order chi connectivity index (χ1) is 13.2. The molecule has 12 atom stereocenters. The van der Waals surface area contributed by atoms with Gasteiger partial charge in [0.25, 0.3) is 0 Å². The van der Waals surface area contributed by atoms with Gasteiger partial charge in [0.1, 0.15) is 54.9 Å². The van der Waals surface area contributed by atoms with Gasteiger partial charge in [0, 0.05) is 0 Å². The maximum atomic E-state index is 10.5. The van der Waals surface area contributed by atoms with E-state index in [2.05, 4.69) is 0 Å². The average Bonchev–Trinajstić information content (AvgIpc) is 2.97. The second-order valence-electron chi connectivity index (χ2n) is 6.95. The Morgan fingerprint density at radius 1 is 0.679 bits per heavy atom. The van der Waals surface area contributed by atoms with Crippen LogP contribution in [0, 0.1) is 0 Å². The third kappa shape index (κ3) is 4.32. The lowest BCUT2D eigenvalue weighted by molar-refractivity contribution is -0.300. The van der Waals surface area contributed by atoms with Gasteiger partial charge in [-0.2, -0.15) is 0 Å². The summed E-state index contributed by atoms with van der Waals surface area (Å²) in [4.78, 5) is 0. The van der Waals surface area contributed by atoms with Crippen LogP contribution in [0.5, 0.6) is 0 Å². The van der Waals surface area contributed by atoms with Gasteiger partial charge in [-0.1, -0.05) is 0 Å². The topological polar surface area (TPSA) is 208 Å². The fraction of sp³-hybridized carbons (Fsp3) is 1.00. The molecule has 3 saturated heterocycles. The Kier molecular flexibility index (Phi) is 7.20. The van der Waals surface area contributed by atoms with Crippen molar-refractivity contribution in [3.05, 3.63) is 0 Å². The molecule has 13 heteroatoms. The van der Waals surface area contributed by atoms with Gasteiger partial charge >= 0.3 is 0 Å². The maximum Gasteiger partial charge on any atom is 0.187 e. The lowest BCUT2D eigenvalue weighted by atomic mass is 10.0. The second-order valence-corrected chi connectivity index (χ2v) is 6.95. The molecule has 8 N–H and O–H groups in total. The molecular formula is C15H26O13. The standard InChI is InChI=1S/C15H26O13/c16-1-6-12(28-14-8(20)7(19)4(17)2-25-14)10(22)15(26-6)27-11-5(18)3-24-13(23)9(11)21/h4-23H,1-3H2/t4-,5+,6+,7+,8+,9-,10+,11-,12+,13+,14+,15-/m0/s1. The van der Waals surface area contributed by atoms with E-state index in [1.807, 2.05) is 0 Å². The molecule has 13 nitrogen and oxygen atoms in total. The third-order valence-electron chi connectivity index (χ3n) is 4.95. The van der Waals surface area contributed by atoms with Crippen LogP contribution in [0.2, 0.25) is 0 Å². The first-order valence-corrected chi connectivity index (χ1v) is 8.81. The van der Waals surface area contributed by atoms with E-state index in [9.17, 15) is 40.9 Å². The Balaban J connectivity index is 1.65. The Morgan fingerprint density at radius 3 is 2.00 bits per heavy atom. The van der Waals surface area contributed by atoms with Crippen LogP contribution in [0.15, 0.2) is 0 Å². The van der Waals surface area contributed by atoms with Gasteiger partial charge in [0.15, 0.2) is 18.9 Å². The van der Waals surface area contributed by atoms with E-state index in [1.54, 1.807) is 0 Å². The number of aliphatic hydroxyl groups is 8. The van der Waals surface area contributed by atoms with Gasteiger partial charge in [0.05, 0.1) is 19.8 Å². The highest BCUT2D eigenvalue weighted by molar-refractivity contribution is 4.93. The minimum atomic E-state index is -1.62. The van der Waals surface area contributed by atoms with E-state index >= 15 is 0 Å². The number of hydrogen-bond donors (Lipinski definition) is 8. The van der Waals surface area contributed by atoms with Crippen molar-refractivity contribution < 1.29 is 64.5 Å². The highest BCUT2D eigenvalue weighted by Crippen LogP contribution is 2.31. The molecule has 3 aliphatic heterocycles. The van der Waals surface area contributed by atoms with E-state index in [4.69, 9.17) is 23.7 Å². The molecule has 0 spiro atoms. The first kappa shape index (κ1) is 22.2. The van der Waals surface area contributed by atoms with Gasteiger partial charge in [-0.3, -0.25) is 0 Å². The summed E-state index contributed by atoms with van der Waals surface area (Å²) < 4.78 is 26.0. The second kappa shape index (κ2) is 9.09. The fourth-order valence-electron chi connectivity index (χ4n) is 3.29. The van der Waals surface area contributed by atoms with Crippen molar-refractivity contribution in [2.24, 2.45) is 0 Å². The van der Waals surface area contributed by atoms with Crippen molar-refractivity contribution in [2.45, 2.75) is 73.8 Å². The van der Waals surface area contributed by atoms with Gasteiger partial charge in [-0.25, -0.2) is 0 Å². The van der Waals surface area contributed by atoms with Crippen LogP contribution in [-0.2, 0) is 23.7 Å². The number of hydrogen-bond acceptors (Lipinski definition) is 13. The summed E-state index contributed by atoms with van der Waals surface area (Å²) in [7, 11) is 0. The van der Waals surface area contributed by atoms with Crippen molar-refractivity contribution in [1.29, 1.82) is 0 Å². The van der Waals surface area contributed by atoms with Crippen LogP contribution >= 0.6 is 0 Å². The monoisotopic (exact) mass is 414 g/mol. The van der Waals surface area contributed by atoms with Crippen LogP contribution < -0.4 is 0 Å². The van der Waals surface area contributed by atoms with Crippen molar-refractivity contribution in [2.75, 3.05) is 19.8 Å². The Morgan fingerprint density at radius 2 is 1.32 bits per heavy atom. The Labute approximate surface area is 159 Å². The average molecular weight is 414 g/mol. The lowest BCUT2D eigenvalue weighted by Crippen LogP contribution is -2.57. The quantitative estimate of drug-likeness (QED) is 0.211. The molecular weight excluding hydrogens is 388 g/mol. The molecule has 0 amide bonds. The Hall–Kier alpha value is -0.520. The smallest absolute Gasteiger partial charge is 0.187 e. The van der Waals surface area contributed by atoms with E-state index in [0.29, 0.717) is 0 Å². The minimum absolute atomic E-state index is 0.322. The predicted octanol–water partition coefficient (Wildman–Crippen LogP) is -5.66. The zero-order chi connectivity index (χ0) is 20.6. The molecule has 0 saturated carbocycles. The van der Waals surface area contributed by atoms with E-state index < -0.39 is 80.4 Å². The molecule has 0 aromatic rings. The summed E-state index contributed by atoms with van der Waals surface area (Å²) in [5.41, 5.74) is 0. The molecule has 164 valence electrons. The van der Waals surface area contributed by atoms with Crippen molar-refractivity contribution >= 4 is 0 Å². The summed E-state index contributed by atoms with van der Waals surface area (Å²) in [6.45, 7) is -1.26. The summed E-state index contributed by atoms with van der Waals surface area (Å²) in [6, 6.07) is 0. The van der Waals surface area contributed by atoms with E-state index in [-0.39, 0.29) is 13.2 Å². The molecule has 3 rings (SSSR count). The van der Waals surface area contributed by atoms with Crippen LogP contribution in [0.4, 0.5) is 0 Å². The number of ether oxygens (including phenoxy) is 5. The number of rotatable bonds is 5. The molecule has 0 unspecified atom stereocenters. The molecule has 0 aromatic carbocycles. The van der Waals surface area contributed by atoms with Crippen LogP contribution in [-0.4, -0.2) is 134 Å². The van der Waals surface area contributed by atoms with Crippen LogP contribution in [0.25, 0.3) is 0 Å². The van der Waals surface area contributed by atoms with Crippen LogP contribution in [0.1, 0.15) is 0 Å². The largest absolute Gasteiger partial charge is 0.394 e. The van der Waals surface area contributed by atoms with Crippen LogP contribution in [0.3, 0.4) is 0 Å². The van der Waals surface area contributed by atoms with Crippen molar-refractivity contribution in [3.8, 4) is 0 Å². The zero-order valence-electron chi connectivity index (χ0n) is 14.7. The summed E-state index contributed by atoms with van der Waals surface area (Å²) in [6.07, 6.45) is -17.2. The van der Waals surface area contributed by atoms with Gasteiger partial charge in [-0.05, 0) is 0 Å². The van der Waals surface area contributed by atoms with Gasteiger partial charge in [-0.15, -0.1) is 0 Å². The molecule has 3 aliphatic rings. The predicted molar refractivity (Wildman–Crippen MR) is 83.2 cm³/mol. The third-order valence-corrected chi connectivity index (χ3v) is 4.95. The lowest BCUT2D eigenvalue weighted by Gasteiger charge is -2.37. The normalized spacial score (nSPS) is 52.7. The molecule has 3 fully saturated rings. The SMILES string of the molecule is OC[C@H]1O[C@@H](O[C@@H]2[C@H](O)[C@H](O)OC[C@H]2O)[C@H](O)[C@@H]1O[C@H]1OC[C@H](O)[C@@H](O)[C@H]1O. The van der Waals surface area contributed by atoms with Gasteiger partial charge < -0.3 is 64.5 Å². The number of aliphatic hydroxyl groups excluding tert-OH is 8. The van der Waals surface area contributed by atoms with Crippen molar-refractivity contribution in [3.63, 3.8) is 0 Å². The highest BCUT2D eigenvalue weighted by Gasteiger charge is 2.51. The van der Waals surface area contributed by atoms with Gasteiger partial charge in [0.2, 0.25) is 0 Å². The molecule has 3 heterocycles. The summed E-state index contributed by atoms with van der Waals surface area (Å²) in [5.74, 6) is 0. The molecule has 0 aliphatic carbocycles. The molecule has 28 heavy (non-hydrogen) atoms. The van der Waals surface area contributed by atoms with Crippen molar-refractivity contribution in [1.82, 2.24) is 0 Å². The highest BCUT2D eigenvalue weighted by atomic mass is 16.8. The minimum Gasteiger partial charge on any atom is -0.394 e.